The molecule has 162 valence electrons. The van der Waals surface area contributed by atoms with Gasteiger partial charge in [-0.05, 0) is 12.1 Å². The second kappa shape index (κ2) is 8.96. The number of benzene rings is 3. The highest BCUT2D eigenvalue weighted by molar-refractivity contribution is 6.00. The molecule has 0 fully saturated rings. The van der Waals surface area contributed by atoms with Gasteiger partial charge in [0, 0.05) is 23.2 Å². The Morgan fingerprint density at radius 3 is 2.30 bits per heavy atom. The summed E-state index contributed by atoms with van der Waals surface area (Å²) >= 11 is 0. The van der Waals surface area contributed by atoms with Gasteiger partial charge in [-0.3, -0.25) is 4.79 Å². The summed E-state index contributed by atoms with van der Waals surface area (Å²) in [6.45, 7) is 0.337. The molecule has 0 saturated heterocycles. The maximum absolute atomic E-state index is 13.1. The number of fused-ring (bicyclic) bond motifs is 1. The topological polar surface area (TPSA) is 68.5 Å². The van der Waals surface area contributed by atoms with E-state index in [2.05, 4.69) is 10.4 Å². The molecule has 5 aromatic rings. The fourth-order valence-corrected chi connectivity index (χ4v) is 3.81. The molecule has 0 aliphatic heterocycles. The maximum atomic E-state index is 13.1. The standard InChI is InChI=1S/C27H22N4O2/c1-33-25-15-9-8-14-21(25)17-28-27(32)22-18-29-31-24(20-12-6-3-7-13-20)16-23(30-26(22)31)19-10-4-2-5-11-19/h2-16,18H,17H2,1H3,(H,28,32). The first-order valence-corrected chi connectivity index (χ1v) is 10.6. The van der Waals surface area contributed by atoms with Crippen LogP contribution in [-0.2, 0) is 6.54 Å². The summed E-state index contributed by atoms with van der Waals surface area (Å²) in [6.07, 6.45) is 1.57. The SMILES string of the molecule is COc1ccccc1CNC(=O)c1cnn2c(-c3ccccc3)cc(-c3ccccc3)nc12. The summed E-state index contributed by atoms with van der Waals surface area (Å²) in [7, 11) is 1.62. The minimum Gasteiger partial charge on any atom is -0.496 e. The number of carbonyl (C=O) groups excluding carboxylic acids is 1. The van der Waals surface area contributed by atoms with Crippen molar-refractivity contribution in [2.24, 2.45) is 0 Å². The lowest BCUT2D eigenvalue weighted by atomic mass is 10.1. The molecule has 0 atom stereocenters. The van der Waals surface area contributed by atoms with Gasteiger partial charge in [0.25, 0.3) is 5.91 Å². The molecule has 6 heteroatoms. The van der Waals surface area contributed by atoms with Crippen LogP contribution in [-0.4, -0.2) is 27.6 Å². The van der Waals surface area contributed by atoms with Gasteiger partial charge >= 0.3 is 0 Å². The van der Waals surface area contributed by atoms with Gasteiger partial charge in [0.15, 0.2) is 5.65 Å². The minimum absolute atomic E-state index is 0.243. The van der Waals surface area contributed by atoms with Crippen LogP contribution in [0.5, 0.6) is 5.75 Å². The molecular formula is C27H22N4O2. The molecule has 0 bridgehead atoms. The van der Waals surface area contributed by atoms with E-state index in [1.54, 1.807) is 17.8 Å². The molecule has 0 aliphatic rings. The Kier molecular flexibility index (Phi) is 5.55. The molecule has 5 rings (SSSR count). The van der Waals surface area contributed by atoms with Crippen molar-refractivity contribution in [1.82, 2.24) is 19.9 Å². The van der Waals surface area contributed by atoms with E-state index >= 15 is 0 Å². The zero-order chi connectivity index (χ0) is 22.6. The van der Waals surface area contributed by atoms with Gasteiger partial charge in [-0.25, -0.2) is 9.50 Å². The number of ether oxygens (including phenoxy) is 1. The van der Waals surface area contributed by atoms with Crippen LogP contribution < -0.4 is 10.1 Å². The number of nitrogens with zero attached hydrogens (tertiary/aromatic N) is 3. The number of methoxy groups -OCH3 is 1. The third-order valence-electron chi connectivity index (χ3n) is 5.49. The smallest absolute Gasteiger partial charge is 0.257 e. The van der Waals surface area contributed by atoms with Crippen LogP contribution in [0.25, 0.3) is 28.2 Å². The zero-order valence-corrected chi connectivity index (χ0v) is 18.1. The van der Waals surface area contributed by atoms with Crippen LogP contribution in [0.1, 0.15) is 15.9 Å². The van der Waals surface area contributed by atoms with E-state index in [9.17, 15) is 4.79 Å². The second-order valence-corrected chi connectivity index (χ2v) is 7.55. The number of amides is 1. The highest BCUT2D eigenvalue weighted by Gasteiger charge is 2.18. The summed E-state index contributed by atoms with van der Waals surface area (Å²) in [4.78, 5) is 18.0. The van der Waals surface area contributed by atoms with Gasteiger partial charge in [-0.2, -0.15) is 5.10 Å². The van der Waals surface area contributed by atoms with E-state index in [1.807, 2.05) is 91.0 Å². The van der Waals surface area contributed by atoms with Crippen molar-refractivity contribution in [2.45, 2.75) is 6.54 Å². The third kappa shape index (κ3) is 4.06. The van der Waals surface area contributed by atoms with Gasteiger partial charge in [0.2, 0.25) is 0 Å². The molecule has 0 saturated carbocycles. The Morgan fingerprint density at radius 2 is 1.58 bits per heavy atom. The Bertz CT molecular complexity index is 1410. The predicted molar refractivity (Wildman–Crippen MR) is 128 cm³/mol. The number of para-hydroxylation sites is 1. The van der Waals surface area contributed by atoms with E-state index < -0.39 is 0 Å². The molecule has 2 heterocycles. The lowest BCUT2D eigenvalue weighted by molar-refractivity contribution is 0.0952. The molecule has 0 spiro atoms. The van der Waals surface area contributed by atoms with Crippen LogP contribution in [0.2, 0.25) is 0 Å². The predicted octanol–water partition coefficient (Wildman–Crippen LogP) is 5.00. The lowest BCUT2D eigenvalue weighted by Gasteiger charge is -2.11. The van der Waals surface area contributed by atoms with Gasteiger partial charge < -0.3 is 10.1 Å². The second-order valence-electron chi connectivity index (χ2n) is 7.55. The Hall–Kier alpha value is -4.45. The number of hydrogen-bond donors (Lipinski definition) is 1. The molecule has 3 aromatic carbocycles. The van der Waals surface area contributed by atoms with E-state index in [-0.39, 0.29) is 5.91 Å². The summed E-state index contributed by atoms with van der Waals surface area (Å²) in [5.74, 6) is 0.487. The Labute approximate surface area is 191 Å². The molecule has 33 heavy (non-hydrogen) atoms. The molecule has 0 aliphatic carbocycles. The van der Waals surface area contributed by atoms with Crippen molar-refractivity contribution in [3.8, 4) is 28.3 Å². The average Bonchev–Trinajstić information content (AvgIpc) is 3.32. The number of nitrogens with one attached hydrogen (secondary N) is 1. The van der Waals surface area contributed by atoms with Crippen LogP contribution >= 0.6 is 0 Å². The monoisotopic (exact) mass is 434 g/mol. The van der Waals surface area contributed by atoms with Crippen molar-refractivity contribution in [1.29, 1.82) is 0 Å². The van der Waals surface area contributed by atoms with Gasteiger partial charge in [-0.15, -0.1) is 0 Å². The fourth-order valence-electron chi connectivity index (χ4n) is 3.81. The summed E-state index contributed by atoms with van der Waals surface area (Å²) < 4.78 is 7.11. The number of rotatable bonds is 6. The summed E-state index contributed by atoms with van der Waals surface area (Å²) in [5.41, 5.74) is 5.43. The summed E-state index contributed by atoms with van der Waals surface area (Å²) in [6, 6.07) is 29.5. The van der Waals surface area contributed by atoms with E-state index in [0.29, 0.717) is 17.8 Å². The van der Waals surface area contributed by atoms with E-state index in [4.69, 9.17) is 9.72 Å². The molecule has 0 unspecified atom stereocenters. The number of aromatic nitrogens is 3. The molecule has 6 nitrogen and oxygen atoms in total. The Balaban J connectivity index is 1.57. The van der Waals surface area contributed by atoms with Crippen molar-refractivity contribution in [3.63, 3.8) is 0 Å². The fraction of sp³-hybridized carbons (Fsp3) is 0.0741. The van der Waals surface area contributed by atoms with Crippen molar-refractivity contribution in [2.75, 3.05) is 7.11 Å². The molecule has 0 radical (unpaired) electrons. The molecule has 1 amide bonds. The van der Waals surface area contributed by atoms with Gasteiger partial charge in [0.05, 0.1) is 24.7 Å². The first-order valence-electron chi connectivity index (χ1n) is 10.6. The van der Waals surface area contributed by atoms with Gasteiger partial charge in [-0.1, -0.05) is 78.9 Å². The Morgan fingerprint density at radius 1 is 0.909 bits per heavy atom. The van der Waals surface area contributed by atoms with E-state index in [0.717, 1.165) is 33.8 Å². The first kappa shape index (κ1) is 20.5. The normalized spacial score (nSPS) is 10.8. The van der Waals surface area contributed by atoms with Crippen LogP contribution in [0, 0.1) is 0 Å². The maximum Gasteiger partial charge on any atom is 0.257 e. The van der Waals surface area contributed by atoms with Crippen molar-refractivity contribution >= 4 is 11.6 Å². The summed E-state index contributed by atoms with van der Waals surface area (Å²) in [5, 5.41) is 7.48. The average molecular weight is 434 g/mol. The zero-order valence-electron chi connectivity index (χ0n) is 18.1. The highest BCUT2D eigenvalue weighted by atomic mass is 16.5. The van der Waals surface area contributed by atoms with Crippen LogP contribution in [0.4, 0.5) is 0 Å². The minimum atomic E-state index is -0.243. The van der Waals surface area contributed by atoms with Crippen molar-refractivity contribution < 1.29 is 9.53 Å². The quantitative estimate of drug-likeness (QED) is 0.408. The largest absolute Gasteiger partial charge is 0.496 e. The molecular weight excluding hydrogens is 412 g/mol. The van der Waals surface area contributed by atoms with Crippen molar-refractivity contribution in [3.05, 3.63) is 108 Å². The number of carbonyl (C=O) groups is 1. The molecule has 2 aromatic heterocycles. The van der Waals surface area contributed by atoms with Crippen LogP contribution in [0.3, 0.4) is 0 Å². The van der Waals surface area contributed by atoms with Crippen LogP contribution in [0.15, 0.2) is 97.2 Å². The molecule has 1 N–H and O–H groups in total. The van der Waals surface area contributed by atoms with Gasteiger partial charge in [0.1, 0.15) is 11.3 Å². The number of hydrogen-bond acceptors (Lipinski definition) is 4. The highest BCUT2D eigenvalue weighted by Crippen LogP contribution is 2.27. The van der Waals surface area contributed by atoms with E-state index in [1.165, 1.54) is 0 Å². The first-order chi connectivity index (χ1) is 16.2. The third-order valence-corrected chi connectivity index (χ3v) is 5.49. The lowest BCUT2D eigenvalue weighted by Crippen LogP contribution is -2.23.